The molecule has 5 heteroatoms. The number of nitrogens with one attached hydrogen (secondary N) is 2. The minimum Gasteiger partial charge on any atom is -0.370 e. The van der Waals surface area contributed by atoms with Gasteiger partial charge in [0, 0.05) is 42.5 Å². The van der Waals surface area contributed by atoms with E-state index < -0.39 is 0 Å². The van der Waals surface area contributed by atoms with Crippen molar-refractivity contribution in [3.63, 3.8) is 0 Å². The summed E-state index contributed by atoms with van der Waals surface area (Å²) < 4.78 is 0. The molecule has 2 fully saturated rings. The van der Waals surface area contributed by atoms with Crippen LogP contribution in [0.1, 0.15) is 23.1 Å². The number of nitriles is 1. The van der Waals surface area contributed by atoms with E-state index in [2.05, 4.69) is 64.6 Å². The third-order valence-electron chi connectivity index (χ3n) is 6.36. The van der Waals surface area contributed by atoms with Crippen LogP contribution in [0.15, 0.2) is 30.5 Å². The summed E-state index contributed by atoms with van der Waals surface area (Å²) in [5.74, 6) is 0. The largest absolute Gasteiger partial charge is 0.370 e. The number of hydrogen-bond acceptors (Lipinski definition) is 4. The Labute approximate surface area is 159 Å². The molecule has 27 heavy (non-hydrogen) atoms. The highest BCUT2D eigenvalue weighted by atomic mass is 15.2. The second-order valence-electron chi connectivity index (χ2n) is 8.13. The monoisotopic (exact) mass is 357 g/mol. The second kappa shape index (κ2) is 5.83. The topological polar surface area (TPSA) is 67.7 Å². The van der Waals surface area contributed by atoms with Crippen molar-refractivity contribution in [2.75, 3.05) is 31.1 Å². The van der Waals surface area contributed by atoms with Gasteiger partial charge < -0.3 is 10.2 Å². The van der Waals surface area contributed by atoms with Crippen molar-refractivity contribution in [1.29, 1.82) is 5.26 Å². The van der Waals surface area contributed by atoms with Gasteiger partial charge in [0.15, 0.2) is 0 Å². The fraction of sp³-hybridized carbons (Fsp3) is 0.364. The van der Waals surface area contributed by atoms with E-state index in [9.17, 15) is 5.26 Å². The molecule has 0 aliphatic carbocycles. The average molecular weight is 357 g/mol. The lowest BCUT2D eigenvalue weighted by Gasteiger charge is -2.39. The number of fused-ring (bicyclic) bond motifs is 1. The summed E-state index contributed by atoms with van der Waals surface area (Å²) in [6, 6.07) is 11.0. The summed E-state index contributed by atoms with van der Waals surface area (Å²) >= 11 is 0. The molecule has 0 atom stereocenters. The van der Waals surface area contributed by atoms with Crippen LogP contribution in [0.5, 0.6) is 0 Å². The lowest BCUT2D eigenvalue weighted by Crippen LogP contribution is -2.54. The van der Waals surface area contributed by atoms with E-state index in [1.54, 1.807) is 0 Å². The maximum Gasteiger partial charge on any atom is 0.102 e. The van der Waals surface area contributed by atoms with Gasteiger partial charge in [0.05, 0.1) is 23.0 Å². The van der Waals surface area contributed by atoms with E-state index in [1.807, 2.05) is 6.20 Å². The molecular formula is C22H23N5. The van der Waals surface area contributed by atoms with E-state index >= 15 is 0 Å². The lowest BCUT2D eigenvalue weighted by molar-refractivity contribution is 0.200. The van der Waals surface area contributed by atoms with Gasteiger partial charge >= 0.3 is 0 Å². The van der Waals surface area contributed by atoms with Crippen molar-refractivity contribution in [2.45, 2.75) is 20.3 Å². The molecule has 1 spiro atoms. The molecule has 3 heterocycles. The first-order chi connectivity index (χ1) is 13.1. The predicted molar refractivity (Wildman–Crippen MR) is 108 cm³/mol. The van der Waals surface area contributed by atoms with Gasteiger partial charge in [0.2, 0.25) is 0 Å². The number of benzene rings is 2. The molecule has 3 aromatic rings. The maximum absolute atomic E-state index is 10.1. The summed E-state index contributed by atoms with van der Waals surface area (Å²) in [6.45, 7) is 8.45. The van der Waals surface area contributed by atoms with Crippen LogP contribution in [0, 0.1) is 30.6 Å². The second-order valence-corrected chi connectivity index (χ2v) is 8.13. The Kier molecular flexibility index (Phi) is 3.53. The summed E-state index contributed by atoms with van der Waals surface area (Å²) in [5, 5.41) is 21.9. The Morgan fingerprint density at radius 3 is 2.59 bits per heavy atom. The summed E-state index contributed by atoms with van der Waals surface area (Å²) in [6.07, 6.45) is 3.07. The number of nitrogens with zero attached hydrogens (tertiary/aromatic N) is 3. The molecule has 5 nitrogen and oxygen atoms in total. The Hall–Kier alpha value is -2.84. The van der Waals surface area contributed by atoms with Gasteiger partial charge in [-0.2, -0.15) is 10.4 Å². The van der Waals surface area contributed by atoms with Crippen molar-refractivity contribution in [2.24, 2.45) is 5.41 Å². The summed E-state index contributed by atoms with van der Waals surface area (Å²) in [7, 11) is 0. The SMILES string of the molecule is Cc1ccc(N2CCC3(CNC3)C2)c(C#N)c1-c1c(C)ccc2[nH]ncc12. The highest BCUT2D eigenvalue weighted by Gasteiger charge is 2.43. The first-order valence-corrected chi connectivity index (χ1v) is 9.54. The summed E-state index contributed by atoms with van der Waals surface area (Å²) in [5.41, 5.74) is 7.73. The standard InChI is InChI=1S/C22H23N5/c1-14-3-5-18-17(10-25-26-18)21(14)20-15(2)4-6-19(16(20)9-23)27-8-7-22(13-27)11-24-12-22/h3-6,10,24H,7-8,11-13H2,1-2H3,(H,25,26). The number of hydrogen-bond donors (Lipinski definition) is 2. The van der Waals surface area contributed by atoms with Crippen LogP contribution in [0.25, 0.3) is 22.0 Å². The maximum atomic E-state index is 10.1. The van der Waals surface area contributed by atoms with Gasteiger partial charge in [0.1, 0.15) is 6.07 Å². The van der Waals surface area contributed by atoms with Gasteiger partial charge in [-0.25, -0.2) is 0 Å². The highest BCUT2D eigenvalue weighted by molar-refractivity contribution is 5.99. The minimum absolute atomic E-state index is 0.401. The van der Waals surface area contributed by atoms with Gasteiger partial charge in [-0.1, -0.05) is 12.1 Å². The molecule has 2 aliphatic heterocycles. The number of anilines is 1. The van der Waals surface area contributed by atoms with Crippen molar-refractivity contribution < 1.29 is 0 Å². The quantitative estimate of drug-likeness (QED) is 0.736. The first kappa shape index (κ1) is 16.3. The Morgan fingerprint density at radius 1 is 1.11 bits per heavy atom. The molecule has 0 radical (unpaired) electrons. The molecular weight excluding hydrogens is 334 g/mol. The Morgan fingerprint density at radius 2 is 1.89 bits per heavy atom. The molecule has 0 unspecified atom stereocenters. The zero-order valence-electron chi connectivity index (χ0n) is 15.8. The number of aromatic nitrogens is 2. The van der Waals surface area contributed by atoms with Gasteiger partial charge in [-0.05, 0) is 49.1 Å². The Bertz CT molecular complexity index is 1080. The van der Waals surface area contributed by atoms with E-state index in [1.165, 1.54) is 12.0 Å². The van der Waals surface area contributed by atoms with Crippen LogP contribution in [0.3, 0.4) is 0 Å². The molecule has 2 aliphatic rings. The Balaban J connectivity index is 1.70. The van der Waals surface area contributed by atoms with E-state index in [-0.39, 0.29) is 0 Å². The average Bonchev–Trinajstić information content (AvgIpc) is 3.28. The number of aromatic amines is 1. The predicted octanol–water partition coefficient (Wildman–Crippen LogP) is 3.52. The van der Waals surface area contributed by atoms with Crippen molar-refractivity contribution in [3.05, 3.63) is 47.2 Å². The molecule has 2 N–H and O–H groups in total. The number of H-pyrrole nitrogens is 1. The molecule has 0 saturated carbocycles. The smallest absolute Gasteiger partial charge is 0.102 e. The number of rotatable bonds is 2. The van der Waals surface area contributed by atoms with Crippen LogP contribution in [-0.2, 0) is 0 Å². The molecule has 5 rings (SSSR count). The lowest BCUT2D eigenvalue weighted by atomic mass is 9.81. The molecule has 0 bridgehead atoms. The minimum atomic E-state index is 0.401. The van der Waals surface area contributed by atoms with Crippen molar-refractivity contribution >= 4 is 16.6 Å². The summed E-state index contributed by atoms with van der Waals surface area (Å²) in [4.78, 5) is 2.41. The third kappa shape index (κ3) is 2.37. The number of aryl methyl sites for hydroxylation is 2. The fourth-order valence-corrected chi connectivity index (χ4v) is 4.76. The fourth-order valence-electron chi connectivity index (χ4n) is 4.76. The van der Waals surface area contributed by atoms with Crippen LogP contribution in [0.2, 0.25) is 0 Å². The van der Waals surface area contributed by atoms with E-state index in [0.29, 0.717) is 5.41 Å². The van der Waals surface area contributed by atoms with Crippen molar-refractivity contribution in [1.82, 2.24) is 15.5 Å². The van der Waals surface area contributed by atoms with E-state index in [4.69, 9.17) is 0 Å². The molecule has 0 amide bonds. The molecule has 1 aromatic heterocycles. The molecule has 2 saturated heterocycles. The van der Waals surface area contributed by atoms with Crippen LogP contribution >= 0.6 is 0 Å². The van der Waals surface area contributed by atoms with Crippen LogP contribution in [0.4, 0.5) is 5.69 Å². The molecule has 136 valence electrons. The molecule has 2 aromatic carbocycles. The van der Waals surface area contributed by atoms with Gasteiger partial charge in [-0.15, -0.1) is 0 Å². The van der Waals surface area contributed by atoms with Crippen LogP contribution in [-0.4, -0.2) is 36.4 Å². The van der Waals surface area contributed by atoms with Crippen LogP contribution < -0.4 is 10.2 Å². The highest BCUT2D eigenvalue weighted by Crippen LogP contribution is 2.42. The zero-order valence-corrected chi connectivity index (χ0v) is 15.8. The zero-order chi connectivity index (χ0) is 18.6. The van der Waals surface area contributed by atoms with Gasteiger partial charge in [-0.3, -0.25) is 5.10 Å². The third-order valence-corrected chi connectivity index (χ3v) is 6.36. The normalized spacial score (nSPS) is 18.0. The van der Waals surface area contributed by atoms with Gasteiger partial charge in [0.25, 0.3) is 0 Å². The first-order valence-electron chi connectivity index (χ1n) is 9.54. The van der Waals surface area contributed by atoms with Crippen molar-refractivity contribution in [3.8, 4) is 17.2 Å². The van der Waals surface area contributed by atoms with E-state index in [0.717, 1.165) is 65.0 Å².